The molecule has 0 nitrogen and oxygen atoms in total. The first-order chi connectivity index (χ1) is 5.34. The molecule has 0 bridgehead atoms. The molecule has 0 aliphatic carbocycles. The largest absolute Gasteiger partial charge is 0.127 e. The summed E-state index contributed by atoms with van der Waals surface area (Å²) in [7, 11) is 1.20. The van der Waals surface area contributed by atoms with Gasteiger partial charge in [0.25, 0.3) is 0 Å². The molecule has 60 valence electrons. The highest BCUT2D eigenvalue weighted by atomic mass is 35.5. The van der Waals surface area contributed by atoms with Crippen molar-refractivity contribution >= 4 is 21.8 Å². The zero-order valence-electron chi connectivity index (χ0n) is 6.76. The highest BCUT2D eigenvalue weighted by Gasteiger charge is 2.01. The first kappa shape index (κ1) is 8.82. The van der Waals surface area contributed by atoms with Crippen LogP contribution in [0, 0.1) is 0 Å². The van der Waals surface area contributed by atoms with E-state index in [0.717, 1.165) is 17.8 Å². The Kier molecular flexibility index (Phi) is 3.67. The van der Waals surface area contributed by atoms with Gasteiger partial charge in [0.1, 0.15) is 0 Å². The molecule has 1 rings (SSSR count). The molecular formula is C9H13ClSi. The SMILES string of the molecule is [SiH3]C(CCCl)c1ccccc1. The topological polar surface area (TPSA) is 0 Å². The van der Waals surface area contributed by atoms with Gasteiger partial charge in [-0.3, -0.25) is 0 Å². The van der Waals surface area contributed by atoms with E-state index in [1.165, 1.54) is 15.8 Å². The maximum Gasteiger partial charge on any atom is 0.0226 e. The maximum atomic E-state index is 5.67. The maximum absolute atomic E-state index is 5.67. The Morgan fingerprint density at radius 3 is 2.45 bits per heavy atom. The first-order valence-corrected chi connectivity index (χ1v) is 5.64. The van der Waals surface area contributed by atoms with Gasteiger partial charge >= 0.3 is 0 Å². The van der Waals surface area contributed by atoms with Crippen LogP contribution in [0.4, 0.5) is 0 Å². The van der Waals surface area contributed by atoms with Crippen LogP contribution in [0.5, 0.6) is 0 Å². The summed E-state index contributed by atoms with van der Waals surface area (Å²) in [6.07, 6.45) is 1.12. The second kappa shape index (κ2) is 4.57. The lowest BCUT2D eigenvalue weighted by Crippen LogP contribution is -1.97. The molecule has 0 spiro atoms. The molecule has 11 heavy (non-hydrogen) atoms. The minimum atomic E-state index is 0.730. The second-order valence-corrected chi connectivity index (χ2v) is 4.56. The fourth-order valence-electron chi connectivity index (χ4n) is 1.11. The van der Waals surface area contributed by atoms with Crippen LogP contribution in [0.25, 0.3) is 0 Å². The lowest BCUT2D eigenvalue weighted by molar-refractivity contribution is 0.889. The van der Waals surface area contributed by atoms with Crippen LogP contribution in [0.3, 0.4) is 0 Å². The minimum Gasteiger partial charge on any atom is -0.127 e. The summed E-state index contributed by atoms with van der Waals surface area (Å²) < 4.78 is 0. The third-order valence-corrected chi connectivity index (χ3v) is 3.37. The van der Waals surface area contributed by atoms with Crippen LogP contribution in [0.15, 0.2) is 30.3 Å². The zero-order chi connectivity index (χ0) is 8.10. The van der Waals surface area contributed by atoms with E-state index in [2.05, 4.69) is 30.3 Å². The molecule has 2 heteroatoms. The Bertz CT molecular complexity index is 198. The van der Waals surface area contributed by atoms with E-state index < -0.39 is 0 Å². The summed E-state index contributed by atoms with van der Waals surface area (Å²) in [5.74, 6) is 0.781. The lowest BCUT2D eigenvalue weighted by Gasteiger charge is -2.08. The van der Waals surface area contributed by atoms with Crippen molar-refractivity contribution in [2.75, 3.05) is 5.88 Å². The van der Waals surface area contributed by atoms with Crippen LogP contribution < -0.4 is 0 Å². The van der Waals surface area contributed by atoms with Gasteiger partial charge in [0.05, 0.1) is 0 Å². The molecule has 1 aromatic rings. The molecule has 0 heterocycles. The molecule has 1 unspecified atom stereocenters. The lowest BCUT2D eigenvalue weighted by atomic mass is 10.1. The van der Waals surface area contributed by atoms with Gasteiger partial charge in [-0.1, -0.05) is 30.3 Å². The van der Waals surface area contributed by atoms with Gasteiger partial charge in [-0.05, 0) is 17.5 Å². The highest BCUT2D eigenvalue weighted by molar-refractivity contribution is 6.19. The molecule has 0 aromatic heterocycles. The minimum absolute atomic E-state index is 0.730. The first-order valence-electron chi connectivity index (χ1n) is 3.95. The van der Waals surface area contributed by atoms with Crippen molar-refractivity contribution in [3.63, 3.8) is 0 Å². The second-order valence-electron chi connectivity index (χ2n) is 2.79. The Morgan fingerprint density at radius 1 is 1.27 bits per heavy atom. The Balaban J connectivity index is 2.61. The van der Waals surface area contributed by atoms with E-state index in [0.29, 0.717) is 0 Å². The van der Waals surface area contributed by atoms with Crippen LogP contribution in [0.1, 0.15) is 17.5 Å². The van der Waals surface area contributed by atoms with Gasteiger partial charge in [-0.15, -0.1) is 11.6 Å². The van der Waals surface area contributed by atoms with Crippen LogP contribution in [0.2, 0.25) is 0 Å². The van der Waals surface area contributed by atoms with Gasteiger partial charge in [0, 0.05) is 16.1 Å². The normalized spacial score (nSPS) is 13.2. The van der Waals surface area contributed by atoms with Crippen LogP contribution in [-0.4, -0.2) is 16.1 Å². The van der Waals surface area contributed by atoms with Crippen molar-refractivity contribution in [1.29, 1.82) is 0 Å². The molecule has 0 amide bonds. The number of alkyl halides is 1. The molecule has 0 radical (unpaired) electrons. The summed E-state index contributed by atoms with van der Waals surface area (Å²) in [5.41, 5.74) is 2.17. The van der Waals surface area contributed by atoms with Crippen molar-refractivity contribution < 1.29 is 0 Å². The number of benzene rings is 1. The van der Waals surface area contributed by atoms with E-state index in [9.17, 15) is 0 Å². The van der Waals surface area contributed by atoms with E-state index in [1.54, 1.807) is 0 Å². The number of rotatable bonds is 3. The predicted octanol–water partition coefficient (Wildman–Crippen LogP) is 1.72. The standard InChI is InChI=1S/C9H13ClSi/c10-7-6-9(11)8-4-2-1-3-5-8/h1-5,9H,6-7H2,11H3. The molecule has 0 fully saturated rings. The molecule has 0 saturated heterocycles. The molecule has 0 aliphatic heterocycles. The van der Waals surface area contributed by atoms with Gasteiger partial charge in [-0.25, -0.2) is 0 Å². The predicted molar refractivity (Wildman–Crippen MR) is 54.5 cm³/mol. The molecule has 1 atom stereocenters. The summed E-state index contributed by atoms with van der Waals surface area (Å²) in [5, 5.41) is 0. The van der Waals surface area contributed by atoms with Crippen LogP contribution in [-0.2, 0) is 0 Å². The number of halogens is 1. The van der Waals surface area contributed by atoms with E-state index >= 15 is 0 Å². The van der Waals surface area contributed by atoms with Crippen molar-refractivity contribution in [2.45, 2.75) is 12.0 Å². The van der Waals surface area contributed by atoms with Crippen molar-refractivity contribution in [2.24, 2.45) is 0 Å². The summed E-state index contributed by atoms with van der Waals surface area (Å²) in [6.45, 7) is 0. The number of hydrogen-bond donors (Lipinski definition) is 0. The Hall–Kier alpha value is -0.273. The molecule has 0 aliphatic rings. The third-order valence-electron chi connectivity index (χ3n) is 1.91. The fraction of sp³-hybridized carbons (Fsp3) is 0.333. The van der Waals surface area contributed by atoms with E-state index in [4.69, 9.17) is 11.6 Å². The average Bonchev–Trinajstić information content (AvgIpc) is 2.07. The van der Waals surface area contributed by atoms with Crippen molar-refractivity contribution in [3.8, 4) is 0 Å². The van der Waals surface area contributed by atoms with Crippen molar-refractivity contribution in [3.05, 3.63) is 35.9 Å². The van der Waals surface area contributed by atoms with Crippen LogP contribution >= 0.6 is 11.6 Å². The zero-order valence-corrected chi connectivity index (χ0v) is 9.51. The molecule has 0 saturated carbocycles. The fourth-order valence-corrected chi connectivity index (χ4v) is 2.48. The van der Waals surface area contributed by atoms with Gasteiger partial charge in [0.2, 0.25) is 0 Å². The molecular weight excluding hydrogens is 172 g/mol. The molecule has 0 N–H and O–H groups in total. The quantitative estimate of drug-likeness (QED) is 0.496. The summed E-state index contributed by atoms with van der Waals surface area (Å²) in [4.78, 5) is 0. The average molecular weight is 185 g/mol. The Labute approximate surface area is 76.0 Å². The monoisotopic (exact) mass is 184 g/mol. The third kappa shape index (κ3) is 2.68. The highest BCUT2D eigenvalue weighted by Crippen LogP contribution is 2.15. The molecule has 1 aromatic carbocycles. The smallest absolute Gasteiger partial charge is 0.0226 e. The van der Waals surface area contributed by atoms with E-state index in [1.807, 2.05) is 0 Å². The Morgan fingerprint density at radius 2 is 1.91 bits per heavy atom. The number of hydrogen-bond acceptors (Lipinski definition) is 0. The summed E-state index contributed by atoms with van der Waals surface area (Å²) >= 11 is 5.67. The summed E-state index contributed by atoms with van der Waals surface area (Å²) in [6, 6.07) is 10.6. The van der Waals surface area contributed by atoms with Crippen molar-refractivity contribution in [1.82, 2.24) is 0 Å². The van der Waals surface area contributed by atoms with E-state index in [-0.39, 0.29) is 0 Å². The van der Waals surface area contributed by atoms with Gasteiger partial charge < -0.3 is 0 Å². The van der Waals surface area contributed by atoms with Gasteiger partial charge in [0.15, 0.2) is 0 Å². The van der Waals surface area contributed by atoms with Gasteiger partial charge in [-0.2, -0.15) is 0 Å².